The number of rotatable bonds is 11. The van der Waals surface area contributed by atoms with Crippen molar-refractivity contribution in [2.45, 2.75) is 5.41 Å². The average molecular weight is 1320 g/mol. The van der Waals surface area contributed by atoms with Crippen LogP contribution in [-0.4, -0.2) is 11.3 Å². The van der Waals surface area contributed by atoms with E-state index in [9.17, 15) is 19.0 Å². The third kappa shape index (κ3) is 9.25. The first-order valence-corrected chi connectivity index (χ1v) is 34.5. The smallest absolute Gasteiger partial charge is 0.252 e. The quantitative estimate of drug-likeness (QED) is 0.121. The summed E-state index contributed by atoms with van der Waals surface area (Å²) in [6.45, 7) is -0.818. The number of anilines is 6. The lowest BCUT2D eigenvalue weighted by molar-refractivity contribution is 0.770. The van der Waals surface area contributed by atoms with Crippen LogP contribution in [0.5, 0.6) is 0 Å². The molecule has 20 rings (SSSR count). The summed E-state index contributed by atoms with van der Waals surface area (Å²) in [6, 6.07) is 103. The summed E-state index contributed by atoms with van der Waals surface area (Å²) in [7, 11) is 0. The minimum absolute atomic E-state index is 0.0112. The molecule has 478 valence electrons. The Morgan fingerprint density at radius 3 is 1.39 bits per heavy atom. The van der Waals surface area contributed by atoms with Gasteiger partial charge in [0.2, 0.25) is 0 Å². The fraction of sp³-hybridized carbons (Fsp3) is 0.0102. The Hall–Kier alpha value is -13.5. The molecule has 3 heterocycles. The molecular formula is C98H63BN4. The summed E-state index contributed by atoms with van der Waals surface area (Å²) in [4.78, 5) is 4.71. The van der Waals surface area contributed by atoms with Gasteiger partial charge in [0.15, 0.2) is 0 Å². The van der Waals surface area contributed by atoms with Gasteiger partial charge in [0, 0.05) is 61.5 Å². The van der Waals surface area contributed by atoms with E-state index in [-0.39, 0.29) is 39.5 Å². The van der Waals surface area contributed by atoms with E-state index in [1.165, 1.54) is 0 Å². The minimum atomic E-state index is -0.922. The van der Waals surface area contributed by atoms with Crippen molar-refractivity contribution in [3.8, 4) is 89.6 Å². The molecule has 0 radical (unpaired) electrons. The predicted molar refractivity (Wildman–Crippen MR) is 429 cm³/mol. The van der Waals surface area contributed by atoms with Gasteiger partial charge in [-0.2, -0.15) is 5.26 Å². The molecule has 3 aliphatic rings. The van der Waals surface area contributed by atoms with Crippen molar-refractivity contribution in [2.24, 2.45) is 0 Å². The van der Waals surface area contributed by atoms with E-state index in [4.69, 9.17) is 2.74 Å². The zero-order valence-corrected chi connectivity index (χ0v) is 55.3. The Kier molecular flexibility index (Phi) is 11.3. The van der Waals surface area contributed by atoms with Crippen LogP contribution in [0.15, 0.2) is 382 Å². The van der Waals surface area contributed by atoms with Crippen molar-refractivity contribution in [3.05, 3.63) is 410 Å². The van der Waals surface area contributed by atoms with Gasteiger partial charge in [0.25, 0.3) is 6.71 Å². The molecule has 1 aliphatic carbocycles. The summed E-state index contributed by atoms with van der Waals surface area (Å²) >= 11 is 0. The Balaban J connectivity index is 1.02. The van der Waals surface area contributed by atoms with Gasteiger partial charge in [-0.05, 0) is 149 Å². The van der Waals surface area contributed by atoms with Crippen molar-refractivity contribution in [2.75, 3.05) is 9.80 Å². The van der Waals surface area contributed by atoms with Crippen LogP contribution >= 0.6 is 0 Å². The van der Waals surface area contributed by atoms with Crippen LogP contribution in [-0.2, 0) is 5.41 Å². The summed E-state index contributed by atoms with van der Waals surface area (Å²) in [5.74, 6) is 0. The van der Waals surface area contributed by atoms with Crippen LogP contribution in [0.25, 0.3) is 105 Å². The van der Waals surface area contributed by atoms with Crippen LogP contribution < -0.4 is 26.2 Å². The molecule has 0 atom stereocenters. The summed E-state index contributed by atoms with van der Waals surface area (Å²) in [6.07, 6.45) is 0. The number of hydrogen-bond donors (Lipinski definition) is 0. The Morgan fingerprint density at radius 1 is 0.330 bits per heavy atom. The Bertz CT molecular complexity index is 6840. The van der Waals surface area contributed by atoms with Crippen LogP contribution in [0.4, 0.5) is 34.1 Å². The van der Waals surface area contributed by atoms with Crippen molar-refractivity contribution in [3.63, 3.8) is 0 Å². The number of para-hydroxylation sites is 3. The molecular weight excluding hydrogens is 1240 g/mol. The van der Waals surface area contributed by atoms with Crippen LogP contribution in [0.3, 0.4) is 0 Å². The predicted octanol–water partition coefficient (Wildman–Crippen LogP) is 23.1. The number of aromatic nitrogens is 1. The Labute approximate surface area is 616 Å². The third-order valence-electron chi connectivity index (χ3n) is 21.0. The molecule has 0 N–H and O–H groups in total. The maximum atomic E-state index is 10.7. The average Bonchev–Trinajstić information content (AvgIpc) is 1.66. The van der Waals surface area contributed by atoms with Crippen LogP contribution in [0.2, 0.25) is 0 Å². The molecule has 1 aromatic heterocycles. The maximum absolute atomic E-state index is 10.7. The molecule has 17 aromatic rings. The molecule has 5 heteroatoms. The highest BCUT2D eigenvalue weighted by molar-refractivity contribution is 7.00. The largest absolute Gasteiger partial charge is 0.310 e. The zero-order chi connectivity index (χ0) is 78.6. The van der Waals surface area contributed by atoms with Crippen LogP contribution in [0, 0.1) is 11.3 Å². The topological polar surface area (TPSA) is 35.2 Å². The number of benzene rings is 16. The zero-order valence-electron chi connectivity index (χ0n) is 67.3. The molecule has 0 saturated heterocycles. The fourth-order valence-corrected chi connectivity index (χ4v) is 16.9. The molecule has 2 aliphatic heterocycles. The standard InChI is InChI=1S/C98H63BN4/c100-64-65-53-57-89-84(59-65)82-44-23-25-52-88(82)101(89)75-55-56-86-91(63-75)103(97-79(69-35-14-4-15-36-69)48-28-49-80(97)70-37-16-5-17-38-70)93-62-72(76-45-26-50-83-81-43-22-24-51-85(81)98(94(76)83,73-39-18-6-19-40-73)74-41-20-7-21-42-74)61-92-95(93)99(86)87-60-71(66-29-8-1-9-30-66)54-58-90(87)102(92)96-77(67-31-10-2-11-32-67)46-27-47-78(96)68-33-12-3-13-34-68/h1-63H/i1D,8D,9D,23D,25D,29D,30D,44D,52D,53D,57D,59D. The maximum Gasteiger partial charge on any atom is 0.252 e. The van der Waals surface area contributed by atoms with Gasteiger partial charge >= 0.3 is 0 Å². The third-order valence-corrected chi connectivity index (χ3v) is 21.0. The first kappa shape index (κ1) is 48.3. The molecule has 0 amide bonds. The normalized spacial score (nSPS) is 14.5. The van der Waals surface area contributed by atoms with E-state index in [0.29, 0.717) is 33.8 Å². The molecule has 0 saturated carbocycles. The highest BCUT2D eigenvalue weighted by Crippen LogP contribution is 2.61. The molecule has 0 spiro atoms. The van der Waals surface area contributed by atoms with Gasteiger partial charge in [-0.3, -0.25) is 0 Å². The van der Waals surface area contributed by atoms with Gasteiger partial charge in [0.1, 0.15) is 0 Å². The van der Waals surface area contributed by atoms with Crippen molar-refractivity contribution in [1.82, 2.24) is 4.57 Å². The SMILES string of the molecule is [2H]c1c([2H])c([2H])c(-c2ccc3c(c2)B2c4ccc(-n5c6c([2H])c([2H])c([2H])c([2H])c6c6c([2H])c(C#N)c([2H])c([2H])c65)cc4N(c4c(-c5ccccc5)cccc4-c4ccccc4)c4cc(-c5cccc6c5C(c5ccccc5)(c5ccccc5)c5ccccc5-6)cc(c42)N3c2c(-c3ccccc3)cccc2-c2ccccc2)c([2H])c1[2H]. The molecule has 16 aromatic carbocycles. The second-order valence-corrected chi connectivity index (χ2v) is 26.3. The molecule has 0 fully saturated rings. The highest BCUT2D eigenvalue weighted by Gasteiger charge is 2.50. The molecule has 0 unspecified atom stereocenters. The van der Waals surface area contributed by atoms with E-state index >= 15 is 0 Å². The summed E-state index contributed by atoms with van der Waals surface area (Å²) < 4.78 is 115. The number of nitrogens with zero attached hydrogens (tertiary/aromatic N) is 4. The summed E-state index contributed by atoms with van der Waals surface area (Å²) in [5.41, 5.74) is 21.1. The van der Waals surface area contributed by atoms with Gasteiger partial charge in [0.05, 0.1) is 55.9 Å². The van der Waals surface area contributed by atoms with Crippen molar-refractivity contribution >= 4 is 79.0 Å². The second-order valence-electron chi connectivity index (χ2n) is 26.3. The second kappa shape index (κ2) is 24.1. The van der Waals surface area contributed by atoms with E-state index < -0.39 is 78.1 Å². The van der Waals surface area contributed by atoms with Gasteiger partial charge in [-0.15, -0.1) is 0 Å². The molecule has 4 nitrogen and oxygen atoms in total. The molecule has 0 bridgehead atoms. The Morgan fingerprint density at radius 2 is 0.816 bits per heavy atom. The van der Waals surface area contributed by atoms with Crippen LogP contribution in [0.1, 0.15) is 44.3 Å². The van der Waals surface area contributed by atoms with E-state index in [1.807, 2.05) is 115 Å². The van der Waals surface area contributed by atoms with E-state index in [1.54, 1.807) is 4.57 Å². The molecule has 103 heavy (non-hydrogen) atoms. The number of nitriles is 1. The highest BCUT2D eigenvalue weighted by atomic mass is 15.2. The van der Waals surface area contributed by atoms with Crippen molar-refractivity contribution in [1.29, 1.82) is 5.26 Å². The fourth-order valence-electron chi connectivity index (χ4n) is 16.9. The first-order valence-electron chi connectivity index (χ1n) is 40.5. The lowest BCUT2D eigenvalue weighted by atomic mass is 9.33. The lowest BCUT2D eigenvalue weighted by Gasteiger charge is -2.46. The first-order chi connectivity index (χ1) is 56.1. The van der Waals surface area contributed by atoms with Gasteiger partial charge < -0.3 is 14.4 Å². The monoisotopic (exact) mass is 1320 g/mol. The number of hydrogen-bond acceptors (Lipinski definition) is 3. The van der Waals surface area contributed by atoms with Gasteiger partial charge in [-0.1, -0.05) is 327 Å². The number of fused-ring (bicyclic) bond motifs is 10. The lowest BCUT2D eigenvalue weighted by Crippen LogP contribution is -2.61. The van der Waals surface area contributed by atoms with E-state index in [2.05, 4.69) is 210 Å². The van der Waals surface area contributed by atoms with E-state index in [0.717, 1.165) is 117 Å². The van der Waals surface area contributed by atoms with Gasteiger partial charge in [-0.25, -0.2) is 0 Å². The minimum Gasteiger partial charge on any atom is -0.310 e. The van der Waals surface area contributed by atoms with Crippen molar-refractivity contribution < 1.29 is 16.4 Å². The summed E-state index contributed by atoms with van der Waals surface area (Å²) in [5, 5.41) is 10.5.